The number of ether oxygens (including phenoxy) is 2. The molecule has 0 aliphatic carbocycles. The number of hydrogen-bond donors (Lipinski definition) is 0. The Kier molecular flexibility index (Phi) is 5.43. The van der Waals surface area contributed by atoms with Gasteiger partial charge in [-0.25, -0.2) is 18.4 Å². The summed E-state index contributed by atoms with van der Waals surface area (Å²) in [6.07, 6.45) is -2.77. The van der Waals surface area contributed by atoms with Crippen LogP contribution < -0.4 is 0 Å². The molecular weight excluding hydrogens is 198 g/mol. The van der Waals surface area contributed by atoms with Gasteiger partial charge in [-0.3, -0.25) is 0 Å². The summed E-state index contributed by atoms with van der Waals surface area (Å²) in [4.78, 5) is 21.3. The monoisotopic (exact) mass is 208 g/mol. The summed E-state index contributed by atoms with van der Waals surface area (Å²) in [6, 6.07) is 0. The maximum Gasteiger partial charge on any atom is 0.417 e. The molecule has 0 aromatic carbocycles. The fraction of sp³-hybridized carbons (Fsp3) is 0.500. The fourth-order valence-electron chi connectivity index (χ4n) is 0.470. The van der Waals surface area contributed by atoms with E-state index >= 15 is 0 Å². The summed E-state index contributed by atoms with van der Waals surface area (Å²) in [5.41, 5.74) is -0.567. The molecule has 4 nitrogen and oxygen atoms in total. The summed E-state index contributed by atoms with van der Waals surface area (Å²) >= 11 is 0. The van der Waals surface area contributed by atoms with Crippen LogP contribution in [0.5, 0.6) is 0 Å². The van der Waals surface area contributed by atoms with Crippen LogP contribution in [0.3, 0.4) is 0 Å². The van der Waals surface area contributed by atoms with Gasteiger partial charge in [-0.1, -0.05) is 6.58 Å². The van der Waals surface area contributed by atoms with E-state index in [2.05, 4.69) is 16.1 Å². The number of rotatable bonds is 4. The van der Waals surface area contributed by atoms with Gasteiger partial charge >= 0.3 is 11.9 Å². The number of carbonyl (C=O) groups excluding carboxylic acids is 2. The maximum atomic E-state index is 11.8. The number of esters is 2. The third-order valence-corrected chi connectivity index (χ3v) is 1.14. The van der Waals surface area contributed by atoms with Gasteiger partial charge in [0.2, 0.25) is 0 Å². The highest BCUT2D eigenvalue weighted by atomic mass is 19.3. The maximum absolute atomic E-state index is 11.8. The van der Waals surface area contributed by atoms with E-state index in [1.54, 1.807) is 0 Å². The molecule has 0 aliphatic rings. The predicted molar refractivity (Wildman–Crippen MR) is 42.7 cm³/mol. The van der Waals surface area contributed by atoms with Gasteiger partial charge in [0.15, 0.2) is 0 Å². The van der Waals surface area contributed by atoms with Gasteiger partial charge < -0.3 is 9.47 Å². The van der Waals surface area contributed by atoms with Crippen LogP contribution in [0.4, 0.5) is 8.78 Å². The molecule has 14 heavy (non-hydrogen) atoms. The summed E-state index contributed by atoms with van der Waals surface area (Å²) in [6.45, 7) is 3.79. The van der Waals surface area contributed by atoms with Crippen molar-refractivity contribution in [1.29, 1.82) is 0 Å². The Balaban J connectivity index is 3.85. The molecule has 0 aromatic heterocycles. The van der Waals surface area contributed by atoms with E-state index in [9.17, 15) is 18.4 Å². The standard InChI is InChI=1S/C8H10F2O4/c1-3-13-7(11)8(12)14-4-5(2)6(9)10/h6H,2-4H2,1H3. The zero-order chi connectivity index (χ0) is 11.1. The third kappa shape index (κ3) is 4.54. The molecule has 0 unspecified atom stereocenters. The molecule has 0 bridgehead atoms. The fourth-order valence-corrected chi connectivity index (χ4v) is 0.470. The molecule has 0 atom stereocenters. The molecule has 0 aliphatic heterocycles. The average molecular weight is 208 g/mol. The van der Waals surface area contributed by atoms with Crippen LogP contribution in [0, 0.1) is 0 Å². The van der Waals surface area contributed by atoms with Gasteiger partial charge in [0.05, 0.1) is 6.61 Å². The van der Waals surface area contributed by atoms with Crippen LogP contribution in [0.15, 0.2) is 12.2 Å². The Morgan fingerprint density at radius 3 is 2.21 bits per heavy atom. The number of carbonyl (C=O) groups is 2. The van der Waals surface area contributed by atoms with Gasteiger partial charge in [0, 0.05) is 5.57 Å². The van der Waals surface area contributed by atoms with Crippen molar-refractivity contribution in [3.8, 4) is 0 Å². The van der Waals surface area contributed by atoms with Gasteiger partial charge in [-0.2, -0.15) is 0 Å². The number of halogens is 2. The van der Waals surface area contributed by atoms with Crippen LogP contribution in [-0.4, -0.2) is 31.6 Å². The molecule has 0 amide bonds. The average Bonchev–Trinajstić information content (AvgIpc) is 2.13. The number of hydrogen-bond acceptors (Lipinski definition) is 4. The van der Waals surface area contributed by atoms with Crippen LogP contribution in [0.2, 0.25) is 0 Å². The van der Waals surface area contributed by atoms with Crippen molar-refractivity contribution in [2.24, 2.45) is 0 Å². The SMILES string of the molecule is C=C(COC(=O)C(=O)OCC)C(F)F. The molecule has 0 fully saturated rings. The van der Waals surface area contributed by atoms with E-state index in [0.717, 1.165) is 0 Å². The Morgan fingerprint density at radius 1 is 1.29 bits per heavy atom. The van der Waals surface area contributed by atoms with E-state index in [0.29, 0.717) is 0 Å². The Hall–Kier alpha value is -1.46. The Bertz CT molecular complexity index is 237. The van der Waals surface area contributed by atoms with Crippen molar-refractivity contribution >= 4 is 11.9 Å². The highest BCUT2D eigenvalue weighted by Crippen LogP contribution is 2.05. The van der Waals surface area contributed by atoms with Gasteiger partial charge in [0.25, 0.3) is 6.43 Å². The lowest BCUT2D eigenvalue weighted by Gasteiger charge is -2.05. The minimum Gasteiger partial charge on any atom is -0.458 e. The van der Waals surface area contributed by atoms with Crippen molar-refractivity contribution in [3.63, 3.8) is 0 Å². The highest BCUT2D eigenvalue weighted by Gasteiger charge is 2.18. The topological polar surface area (TPSA) is 52.6 Å². The second-order valence-electron chi connectivity index (χ2n) is 2.26. The minimum absolute atomic E-state index is 0.0176. The molecule has 0 rings (SSSR count). The van der Waals surface area contributed by atoms with E-state index in [4.69, 9.17) is 0 Å². The summed E-state index contributed by atoms with van der Waals surface area (Å²) < 4.78 is 32.1. The third-order valence-electron chi connectivity index (χ3n) is 1.14. The first-order valence-corrected chi connectivity index (χ1v) is 3.78. The largest absolute Gasteiger partial charge is 0.458 e. The van der Waals surface area contributed by atoms with Crippen molar-refractivity contribution in [2.75, 3.05) is 13.2 Å². The molecule has 0 saturated carbocycles. The van der Waals surface area contributed by atoms with E-state index in [-0.39, 0.29) is 6.61 Å². The molecule has 6 heteroatoms. The predicted octanol–water partition coefficient (Wildman–Crippen LogP) is 0.914. The quantitative estimate of drug-likeness (QED) is 0.391. The highest BCUT2D eigenvalue weighted by molar-refractivity contribution is 6.29. The summed E-state index contributed by atoms with van der Waals surface area (Å²) in [5, 5.41) is 0. The van der Waals surface area contributed by atoms with Crippen molar-refractivity contribution < 1.29 is 27.8 Å². The second kappa shape index (κ2) is 6.06. The Morgan fingerprint density at radius 2 is 1.79 bits per heavy atom. The lowest BCUT2D eigenvalue weighted by Crippen LogP contribution is -2.22. The Labute approximate surface area is 79.5 Å². The molecule has 0 saturated heterocycles. The molecule has 0 aromatic rings. The zero-order valence-electron chi connectivity index (χ0n) is 7.59. The smallest absolute Gasteiger partial charge is 0.417 e. The van der Waals surface area contributed by atoms with Crippen LogP contribution in [0.25, 0.3) is 0 Å². The van der Waals surface area contributed by atoms with E-state index in [1.165, 1.54) is 6.92 Å². The first-order valence-electron chi connectivity index (χ1n) is 3.78. The lowest BCUT2D eigenvalue weighted by atomic mass is 10.3. The molecular formula is C8H10F2O4. The summed E-state index contributed by atoms with van der Waals surface area (Å²) in [5.74, 6) is -2.50. The minimum atomic E-state index is -2.77. The number of alkyl halides is 2. The van der Waals surface area contributed by atoms with E-state index < -0.39 is 30.5 Å². The summed E-state index contributed by atoms with van der Waals surface area (Å²) in [7, 11) is 0. The first kappa shape index (κ1) is 12.5. The van der Waals surface area contributed by atoms with Gasteiger partial charge in [-0.15, -0.1) is 0 Å². The first-order chi connectivity index (χ1) is 6.49. The van der Waals surface area contributed by atoms with E-state index in [1.807, 2.05) is 0 Å². The van der Waals surface area contributed by atoms with Crippen LogP contribution in [0.1, 0.15) is 6.92 Å². The van der Waals surface area contributed by atoms with Crippen molar-refractivity contribution in [3.05, 3.63) is 12.2 Å². The van der Waals surface area contributed by atoms with Crippen molar-refractivity contribution in [1.82, 2.24) is 0 Å². The van der Waals surface area contributed by atoms with Crippen LogP contribution in [-0.2, 0) is 19.1 Å². The lowest BCUT2D eigenvalue weighted by molar-refractivity contribution is -0.167. The molecule has 0 heterocycles. The second-order valence-corrected chi connectivity index (χ2v) is 2.26. The molecule has 0 radical (unpaired) electrons. The van der Waals surface area contributed by atoms with Crippen LogP contribution >= 0.6 is 0 Å². The van der Waals surface area contributed by atoms with Gasteiger partial charge in [0.1, 0.15) is 6.61 Å². The molecule has 0 spiro atoms. The van der Waals surface area contributed by atoms with Gasteiger partial charge in [-0.05, 0) is 6.92 Å². The molecule has 0 N–H and O–H groups in total. The zero-order valence-corrected chi connectivity index (χ0v) is 7.59. The van der Waals surface area contributed by atoms with Crippen molar-refractivity contribution in [2.45, 2.75) is 13.3 Å². The normalized spacial score (nSPS) is 9.71. The molecule has 80 valence electrons.